The predicted molar refractivity (Wildman–Crippen MR) is 214 cm³/mol. The number of aliphatic hydroxyl groups is 1. The van der Waals surface area contributed by atoms with Crippen molar-refractivity contribution in [2.45, 2.75) is 200 Å². The molecule has 1 unspecified atom stereocenters. The van der Waals surface area contributed by atoms with Crippen molar-refractivity contribution in [3.63, 3.8) is 0 Å². The van der Waals surface area contributed by atoms with E-state index in [4.69, 9.17) is 9.47 Å². The summed E-state index contributed by atoms with van der Waals surface area (Å²) in [5.41, 5.74) is 0. The Morgan fingerprint density at radius 1 is 0.480 bits per heavy atom. The number of hydrogen-bond donors (Lipinski definition) is 1. The van der Waals surface area contributed by atoms with Crippen LogP contribution in [0.4, 0.5) is 0 Å². The highest BCUT2D eigenvalue weighted by molar-refractivity contribution is 5.70. The van der Waals surface area contributed by atoms with Crippen LogP contribution in [0, 0.1) is 0 Å². The van der Waals surface area contributed by atoms with Crippen LogP contribution >= 0.6 is 0 Å². The first-order chi connectivity index (χ1) is 24.6. The fraction of sp³-hybridized carbons (Fsp3) is 0.733. The quantitative estimate of drug-likeness (QED) is 0.0397. The van der Waals surface area contributed by atoms with Crippen LogP contribution in [0.25, 0.3) is 0 Å². The van der Waals surface area contributed by atoms with Gasteiger partial charge in [0.05, 0.1) is 6.61 Å². The van der Waals surface area contributed by atoms with Gasteiger partial charge < -0.3 is 14.6 Å². The Balaban J connectivity index is 3.59. The van der Waals surface area contributed by atoms with E-state index in [1.54, 1.807) is 0 Å². The van der Waals surface area contributed by atoms with Crippen molar-refractivity contribution < 1.29 is 24.2 Å². The molecule has 0 fully saturated rings. The van der Waals surface area contributed by atoms with Crippen molar-refractivity contribution in [1.82, 2.24) is 0 Å². The standard InChI is InChI=1S/C45H78O5/c1-3-5-7-9-11-13-15-17-19-20-21-22-23-24-26-27-29-31-33-35-37-39-44(47)49-42-43(41-46)50-45(48)40-38-36-34-32-30-28-25-18-16-14-12-10-8-6-4-2/h6,8,12,14,18,20-21,25,30,32,43,46H,3-5,7,9-11,13,15-17,19,22-24,26-29,31,33-42H2,1-2H3/b8-6-,14-12-,21-20-,25-18-,32-30-. The fourth-order valence-electron chi connectivity index (χ4n) is 5.66. The van der Waals surface area contributed by atoms with E-state index >= 15 is 0 Å². The lowest BCUT2D eigenvalue weighted by molar-refractivity contribution is -0.161. The van der Waals surface area contributed by atoms with Gasteiger partial charge in [0.15, 0.2) is 6.10 Å². The normalized spacial score (nSPS) is 12.8. The van der Waals surface area contributed by atoms with Crippen molar-refractivity contribution >= 4 is 11.9 Å². The van der Waals surface area contributed by atoms with Crippen LogP contribution in [0.3, 0.4) is 0 Å². The number of aliphatic hydroxyl groups excluding tert-OH is 1. The van der Waals surface area contributed by atoms with Gasteiger partial charge in [-0.15, -0.1) is 0 Å². The van der Waals surface area contributed by atoms with Gasteiger partial charge in [-0.05, 0) is 77.0 Å². The first kappa shape index (κ1) is 47.6. The second-order valence-electron chi connectivity index (χ2n) is 13.7. The zero-order valence-electron chi connectivity index (χ0n) is 32.6. The van der Waals surface area contributed by atoms with Crippen LogP contribution in [-0.4, -0.2) is 36.4 Å². The van der Waals surface area contributed by atoms with Crippen LogP contribution in [-0.2, 0) is 19.1 Å². The maximum Gasteiger partial charge on any atom is 0.306 e. The number of ether oxygens (including phenoxy) is 2. The summed E-state index contributed by atoms with van der Waals surface area (Å²) >= 11 is 0. The molecular weight excluding hydrogens is 620 g/mol. The number of hydrogen-bond acceptors (Lipinski definition) is 5. The molecule has 0 radical (unpaired) electrons. The van der Waals surface area contributed by atoms with Gasteiger partial charge in [0.2, 0.25) is 0 Å². The van der Waals surface area contributed by atoms with E-state index in [1.165, 1.54) is 103 Å². The summed E-state index contributed by atoms with van der Waals surface area (Å²) in [5, 5.41) is 9.56. The summed E-state index contributed by atoms with van der Waals surface area (Å²) in [6, 6.07) is 0. The maximum atomic E-state index is 12.2. The van der Waals surface area contributed by atoms with E-state index in [2.05, 4.69) is 74.6 Å². The number of allylic oxidation sites excluding steroid dienone is 10. The molecule has 0 aromatic carbocycles. The van der Waals surface area contributed by atoms with Gasteiger partial charge >= 0.3 is 11.9 Å². The first-order valence-corrected chi connectivity index (χ1v) is 20.8. The number of carbonyl (C=O) groups excluding carboxylic acids is 2. The molecule has 0 bridgehead atoms. The second-order valence-corrected chi connectivity index (χ2v) is 13.7. The number of carbonyl (C=O) groups is 2. The minimum Gasteiger partial charge on any atom is -0.462 e. The van der Waals surface area contributed by atoms with E-state index in [0.29, 0.717) is 12.8 Å². The molecule has 0 spiro atoms. The van der Waals surface area contributed by atoms with Gasteiger partial charge in [0.25, 0.3) is 0 Å². The Bertz CT molecular complexity index is 884. The lowest BCUT2D eigenvalue weighted by Crippen LogP contribution is -2.28. The van der Waals surface area contributed by atoms with Crippen molar-refractivity contribution in [3.8, 4) is 0 Å². The molecule has 0 amide bonds. The molecule has 0 aromatic rings. The monoisotopic (exact) mass is 699 g/mol. The van der Waals surface area contributed by atoms with Gasteiger partial charge in [-0.25, -0.2) is 0 Å². The van der Waals surface area contributed by atoms with Crippen LogP contribution in [0.15, 0.2) is 60.8 Å². The zero-order valence-corrected chi connectivity index (χ0v) is 32.6. The molecular formula is C45H78O5. The molecule has 5 heteroatoms. The van der Waals surface area contributed by atoms with E-state index in [1.807, 2.05) is 0 Å². The molecule has 0 rings (SSSR count). The largest absolute Gasteiger partial charge is 0.462 e. The third kappa shape index (κ3) is 38.4. The Morgan fingerprint density at radius 3 is 1.36 bits per heavy atom. The van der Waals surface area contributed by atoms with Crippen LogP contribution in [0.1, 0.15) is 194 Å². The lowest BCUT2D eigenvalue weighted by atomic mass is 10.1. The minimum atomic E-state index is -0.795. The van der Waals surface area contributed by atoms with Gasteiger partial charge in [-0.3, -0.25) is 9.59 Å². The maximum absolute atomic E-state index is 12.2. The second kappa shape index (κ2) is 41.0. The number of rotatable bonds is 37. The van der Waals surface area contributed by atoms with Crippen LogP contribution in [0.2, 0.25) is 0 Å². The summed E-state index contributed by atoms with van der Waals surface area (Å²) in [4.78, 5) is 24.3. The third-order valence-electron chi connectivity index (χ3n) is 8.80. The summed E-state index contributed by atoms with van der Waals surface area (Å²) in [6.07, 6.45) is 52.9. The summed E-state index contributed by atoms with van der Waals surface area (Å²) in [5.74, 6) is -0.643. The first-order valence-electron chi connectivity index (χ1n) is 20.8. The van der Waals surface area contributed by atoms with Gasteiger partial charge in [0.1, 0.15) is 6.61 Å². The van der Waals surface area contributed by atoms with E-state index in [-0.39, 0.29) is 25.2 Å². The molecule has 0 aliphatic carbocycles. The molecule has 288 valence electrons. The van der Waals surface area contributed by atoms with Gasteiger partial charge in [0, 0.05) is 12.8 Å². The number of esters is 2. The summed E-state index contributed by atoms with van der Waals surface area (Å²) in [7, 11) is 0. The lowest BCUT2D eigenvalue weighted by Gasteiger charge is -2.15. The SMILES string of the molecule is CC/C=C\C/C=C\C/C=C\C/C=C\CCCCC(=O)OC(CO)COC(=O)CCCCCCCCCCC/C=C\CCCCCCCCCC. The predicted octanol–water partition coefficient (Wildman–Crippen LogP) is 13.2. The molecule has 0 aromatic heterocycles. The highest BCUT2D eigenvalue weighted by atomic mass is 16.6. The van der Waals surface area contributed by atoms with Crippen LogP contribution < -0.4 is 0 Å². The van der Waals surface area contributed by atoms with E-state index < -0.39 is 6.10 Å². The van der Waals surface area contributed by atoms with Gasteiger partial charge in [-0.2, -0.15) is 0 Å². The Labute approximate surface area is 309 Å². The van der Waals surface area contributed by atoms with E-state index in [0.717, 1.165) is 64.2 Å². The molecule has 1 atom stereocenters. The molecule has 1 N–H and O–H groups in total. The molecule has 0 aliphatic rings. The molecule has 0 heterocycles. The zero-order chi connectivity index (χ0) is 36.4. The average Bonchev–Trinajstić information content (AvgIpc) is 3.12. The Kier molecular flexibility index (Phi) is 39.1. The smallest absolute Gasteiger partial charge is 0.306 e. The molecule has 0 saturated heterocycles. The minimum absolute atomic E-state index is 0.0852. The Hall–Kier alpha value is -2.40. The number of unbranched alkanes of at least 4 members (excludes halogenated alkanes) is 19. The third-order valence-corrected chi connectivity index (χ3v) is 8.80. The fourth-order valence-corrected chi connectivity index (χ4v) is 5.66. The van der Waals surface area contributed by atoms with Crippen molar-refractivity contribution in [2.75, 3.05) is 13.2 Å². The molecule has 0 saturated carbocycles. The van der Waals surface area contributed by atoms with E-state index in [9.17, 15) is 14.7 Å². The molecule has 5 nitrogen and oxygen atoms in total. The average molecular weight is 699 g/mol. The van der Waals surface area contributed by atoms with Gasteiger partial charge in [-0.1, -0.05) is 164 Å². The summed E-state index contributed by atoms with van der Waals surface area (Å²) < 4.78 is 10.6. The highest BCUT2D eigenvalue weighted by Gasteiger charge is 2.16. The Morgan fingerprint density at radius 2 is 0.860 bits per heavy atom. The van der Waals surface area contributed by atoms with Crippen molar-refractivity contribution in [1.29, 1.82) is 0 Å². The highest BCUT2D eigenvalue weighted by Crippen LogP contribution is 2.13. The topological polar surface area (TPSA) is 72.8 Å². The van der Waals surface area contributed by atoms with Crippen molar-refractivity contribution in [3.05, 3.63) is 60.8 Å². The van der Waals surface area contributed by atoms with Crippen molar-refractivity contribution in [2.24, 2.45) is 0 Å². The summed E-state index contributed by atoms with van der Waals surface area (Å²) in [6.45, 7) is 3.98. The molecule has 0 aliphatic heterocycles. The van der Waals surface area contributed by atoms with Crippen LogP contribution in [0.5, 0.6) is 0 Å². The molecule has 50 heavy (non-hydrogen) atoms.